The molecule has 2 aromatic rings. The number of hydrogen-bond acceptors (Lipinski definition) is 2. The zero-order valence-electron chi connectivity index (χ0n) is 6.58. The number of fused-ring (bicyclic) bond motifs is 1. The fourth-order valence-corrected chi connectivity index (χ4v) is 1.57. The Kier molecular flexibility index (Phi) is 1.70. The van der Waals surface area contributed by atoms with E-state index >= 15 is 0 Å². The van der Waals surface area contributed by atoms with Crippen LogP contribution in [0.25, 0.3) is 10.8 Å². The summed E-state index contributed by atoms with van der Waals surface area (Å²) in [5, 5.41) is 10.1. The van der Waals surface area contributed by atoms with Crippen molar-refractivity contribution in [3.8, 4) is 0 Å². The largest absolute Gasteiger partial charge is 0.159 e. The van der Waals surface area contributed by atoms with Crippen LogP contribution in [0.15, 0.2) is 24.4 Å². The minimum absolute atomic E-state index is 0.477. The van der Waals surface area contributed by atoms with Crippen molar-refractivity contribution in [2.45, 2.75) is 6.92 Å². The molecule has 0 atom stereocenters. The molecule has 0 N–H and O–H groups in total. The molecule has 0 fully saturated rings. The van der Waals surface area contributed by atoms with Crippen molar-refractivity contribution < 1.29 is 0 Å². The zero-order chi connectivity index (χ0) is 8.55. The lowest BCUT2D eigenvalue weighted by molar-refractivity contribution is 1.05. The Balaban J connectivity index is 2.96. The summed E-state index contributed by atoms with van der Waals surface area (Å²) in [5.74, 6) is 0. The van der Waals surface area contributed by atoms with Crippen molar-refractivity contribution in [2.75, 3.05) is 0 Å². The highest BCUT2D eigenvalue weighted by molar-refractivity contribution is 6.34. The van der Waals surface area contributed by atoms with Crippen LogP contribution in [0, 0.1) is 6.92 Å². The van der Waals surface area contributed by atoms with Gasteiger partial charge in [0.1, 0.15) is 0 Å². The molecule has 0 bridgehead atoms. The lowest BCUT2D eigenvalue weighted by atomic mass is 10.1. The molecule has 0 amide bonds. The van der Waals surface area contributed by atoms with E-state index in [0.717, 1.165) is 16.3 Å². The lowest BCUT2D eigenvalue weighted by Crippen LogP contribution is -1.85. The van der Waals surface area contributed by atoms with Crippen LogP contribution in [0.4, 0.5) is 0 Å². The molecule has 0 saturated heterocycles. The van der Waals surface area contributed by atoms with Gasteiger partial charge >= 0.3 is 0 Å². The van der Waals surface area contributed by atoms with Gasteiger partial charge in [-0.2, -0.15) is 5.10 Å². The maximum atomic E-state index is 5.89. The number of hydrogen-bond donors (Lipinski definition) is 0. The highest BCUT2D eigenvalue weighted by Gasteiger charge is 2.01. The van der Waals surface area contributed by atoms with Gasteiger partial charge in [-0.25, -0.2) is 0 Å². The number of aryl methyl sites for hydroxylation is 1. The fraction of sp³-hybridized carbons (Fsp3) is 0.111. The summed E-state index contributed by atoms with van der Waals surface area (Å²) in [6.45, 7) is 2.01. The maximum absolute atomic E-state index is 5.89. The first-order valence-electron chi connectivity index (χ1n) is 3.65. The topological polar surface area (TPSA) is 25.8 Å². The zero-order valence-corrected chi connectivity index (χ0v) is 7.34. The van der Waals surface area contributed by atoms with Crippen LogP contribution in [0.2, 0.25) is 5.15 Å². The fourth-order valence-electron chi connectivity index (χ4n) is 1.27. The maximum Gasteiger partial charge on any atom is 0.159 e. The third kappa shape index (κ3) is 1.04. The molecule has 0 saturated carbocycles. The Morgan fingerprint density at radius 3 is 2.92 bits per heavy atom. The molecule has 0 aliphatic rings. The van der Waals surface area contributed by atoms with Crippen molar-refractivity contribution in [1.82, 2.24) is 10.2 Å². The smallest absolute Gasteiger partial charge is 0.157 e. The first-order valence-corrected chi connectivity index (χ1v) is 4.03. The predicted molar refractivity (Wildman–Crippen MR) is 49.3 cm³/mol. The summed E-state index contributed by atoms with van der Waals surface area (Å²) in [6.07, 6.45) is 1.72. The molecule has 0 aliphatic heterocycles. The number of benzene rings is 1. The number of halogens is 1. The van der Waals surface area contributed by atoms with Crippen LogP contribution in [-0.2, 0) is 0 Å². The summed E-state index contributed by atoms with van der Waals surface area (Å²) in [5.41, 5.74) is 1.13. The molecule has 1 aromatic carbocycles. The van der Waals surface area contributed by atoms with Crippen molar-refractivity contribution in [3.05, 3.63) is 35.1 Å². The summed E-state index contributed by atoms with van der Waals surface area (Å²) < 4.78 is 0. The molecule has 0 unspecified atom stereocenters. The van der Waals surface area contributed by atoms with Gasteiger partial charge in [0.25, 0.3) is 0 Å². The molecule has 2 nitrogen and oxygen atoms in total. The van der Waals surface area contributed by atoms with E-state index in [1.54, 1.807) is 6.20 Å². The first kappa shape index (κ1) is 7.50. The van der Waals surface area contributed by atoms with E-state index < -0.39 is 0 Å². The van der Waals surface area contributed by atoms with E-state index in [1.165, 1.54) is 0 Å². The summed E-state index contributed by atoms with van der Waals surface area (Å²) >= 11 is 5.89. The molecule has 0 aliphatic carbocycles. The predicted octanol–water partition coefficient (Wildman–Crippen LogP) is 2.59. The van der Waals surface area contributed by atoms with Gasteiger partial charge in [-0.15, -0.1) is 5.10 Å². The Labute approximate surface area is 75.2 Å². The molecule has 1 heterocycles. The molecule has 60 valence electrons. The average Bonchev–Trinajstić information content (AvgIpc) is 2.04. The van der Waals surface area contributed by atoms with Crippen molar-refractivity contribution >= 4 is 22.4 Å². The number of aromatic nitrogens is 2. The van der Waals surface area contributed by atoms with Crippen LogP contribution in [0.5, 0.6) is 0 Å². The normalized spacial score (nSPS) is 10.5. The van der Waals surface area contributed by atoms with E-state index in [4.69, 9.17) is 11.6 Å². The van der Waals surface area contributed by atoms with E-state index in [0.29, 0.717) is 5.15 Å². The van der Waals surface area contributed by atoms with Gasteiger partial charge < -0.3 is 0 Å². The number of nitrogens with zero attached hydrogens (tertiary/aromatic N) is 2. The Bertz CT molecular complexity index is 389. The van der Waals surface area contributed by atoms with Crippen LogP contribution in [-0.4, -0.2) is 10.2 Å². The molecule has 0 spiro atoms. The van der Waals surface area contributed by atoms with E-state index in [1.807, 2.05) is 25.1 Å². The second kappa shape index (κ2) is 2.72. The average molecular weight is 179 g/mol. The highest BCUT2D eigenvalue weighted by Crippen LogP contribution is 2.22. The quantitative estimate of drug-likeness (QED) is 0.620. The summed E-state index contributed by atoms with van der Waals surface area (Å²) in [4.78, 5) is 0. The summed E-state index contributed by atoms with van der Waals surface area (Å²) in [6, 6.07) is 5.97. The van der Waals surface area contributed by atoms with Crippen molar-refractivity contribution in [1.29, 1.82) is 0 Å². The standard InChI is InChI=1S/C9H7ClN2/c1-6-3-2-4-7-5-11-12-9(10)8(6)7/h2-5H,1H3. The first-order chi connectivity index (χ1) is 5.79. The molecular formula is C9H7ClN2. The van der Waals surface area contributed by atoms with Crippen LogP contribution < -0.4 is 0 Å². The second-order valence-corrected chi connectivity index (χ2v) is 3.03. The van der Waals surface area contributed by atoms with E-state index in [2.05, 4.69) is 10.2 Å². The Morgan fingerprint density at radius 2 is 2.17 bits per heavy atom. The number of rotatable bonds is 0. The third-order valence-electron chi connectivity index (χ3n) is 1.85. The molecule has 3 heteroatoms. The van der Waals surface area contributed by atoms with Gasteiger partial charge in [-0.3, -0.25) is 0 Å². The molecule has 2 rings (SSSR count). The van der Waals surface area contributed by atoms with E-state index in [9.17, 15) is 0 Å². The molecule has 0 radical (unpaired) electrons. The molecule has 1 aromatic heterocycles. The molecular weight excluding hydrogens is 172 g/mol. The Hall–Kier alpha value is -1.15. The van der Waals surface area contributed by atoms with Crippen LogP contribution in [0.1, 0.15) is 5.56 Å². The van der Waals surface area contributed by atoms with Gasteiger partial charge in [-0.1, -0.05) is 29.8 Å². The monoisotopic (exact) mass is 178 g/mol. The van der Waals surface area contributed by atoms with Gasteiger partial charge in [0.15, 0.2) is 5.15 Å². The van der Waals surface area contributed by atoms with Crippen LogP contribution in [0.3, 0.4) is 0 Å². The summed E-state index contributed by atoms with van der Waals surface area (Å²) in [7, 11) is 0. The highest BCUT2D eigenvalue weighted by atomic mass is 35.5. The SMILES string of the molecule is Cc1cccc2cnnc(Cl)c12. The minimum atomic E-state index is 0.477. The lowest BCUT2D eigenvalue weighted by Gasteiger charge is -2.00. The van der Waals surface area contributed by atoms with Gasteiger partial charge in [-0.05, 0) is 12.5 Å². The van der Waals surface area contributed by atoms with Gasteiger partial charge in [0, 0.05) is 10.8 Å². The van der Waals surface area contributed by atoms with E-state index in [-0.39, 0.29) is 0 Å². The third-order valence-corrected chi connectivity index (χ3v) is 2.12. The Morgan fingerprint density at radius 1 is 1.33 bits per heavy atom. The molecule has 12 heavy (non-hydrogen) atoms. The van der Waals surface area contributed by atoms with Crippen molar-refractivity contribution in [3.63, 3.8) is 0 Å². The van der Waals surface area contributed by atoms with Crippen molar-refractivity contribution in [2.24, 2.45) is 0 Å². The second-order valence-electron chi connectivity index (χ2n) is 2.67. The van der Waals surface area contributed by atoms with Crippen LogP contribution >= 0.6 is 11.6 Å². The van der Waals surface area contributed by atoms with Gasteiger partial charge in [0.2, 0.25) is 0 Å². The van der Waals surface area contributed by atoms with Gasteiger partial charge in [0.05, 0.1) is 6.20 Å². The minimum Gasteiger partial charge on any atom is -0.157 e.